The monoisotopic (exact) mass is 378 g/mol. The zero-order valence-electron chi connectivity index (χ0n) is 17.0. The number of ether oxygens (including phenoxy) is 2. The van der Waals surface area contributed by atoms with Crippen LogP contribution in [0.3, 0.4) is 0 Å². The molecule has 0 unspecified atom stereocenters. The summed E-state index contributed by atoms with van der Waals surface area (Å²) in [5, 5.41) is 0. The minimum Gasteiger partial charge on any atom is -0.464 e. The second kappa shape index (κ2) is 8.69. The highest BCUT2D eigenvalue weighted by molar-refractivity contribution is 6.06. The van der Waals surface area contributed by atoms with E-state index in [1.54, 1.807) is 25.7 Å². The van der Waals surface area contributed by atoms with Crippen molar-refractivity contribution in [2.24, 2.45) is 5.92 Å². The molecule has 7 nitrogen and oxygen atoms in total. The maximum Gasteiger partial charge on any atom is 0.354 e. The summed E-state index contributed by atoms with van der Waals surface area (Å²) < 4.78 is 10.4. The molecule has 0 saturated carbocycles. The third-order valence-corrected chi connectivity index (χ3v) is 5.12. The third-order valence-electron chi connectivity index (χ3n) is 5.12. The van der Waals surface area contributed by atoms with E-state index in [1.165, 1.54) is 7.11 Å². The molecule has 2 heterocycles. The molecular formula is C20H30N2O5. The Balaban J connectivity index is 2.32. The Bertz CT molecular complexity index is 716. The first-order valence-corrected chi connectivity index (χ1v) is 9.42. The number of nitrogens with one attached hydrogen (secondary N) is 1. The molecule has 7 heteroatoms. The number of aromatic nitrogens is 1. The fourth-order valence-corrected chi connectivity index (χ4v) is 3.55. The van der Waals surface area contributed by atoms with E-state index in [0.717, 1.165) is 12.8 Å². The molecule has 1 aliphatic rings. The zero-order chi connectivity index (χ0) is 20.3. The maximum absolute atomic E-state index is 13.2. The normalized spacial score (nSPS) is 17.8. The minimum absolute atomic E-state index is 0.0398. The molecule has 0 bridgehead atoms. The van der Waals surface area contributed by atoms with Crippen LogP contribution in [0.2, 0.25) is 0 Å². The third kappa shape index (κ3) is 4.40. The van der Waals surface area contributed by atoms with Gasteiger partial charge in [-0.05, 0) is 39.2 Å². The molecule has 2 rings (SSSR count). The van der Waals surface area contributed by atoms with Gasteiger partial charge in [-0.15, -0.1) is 0 Å². The Kier molecular flexibility index (Phi) is 6.81. The van der Waals surface area contributed by atoms with E-state index in [0.29, 0.717) is 30.0 Å². The number of Topliss-reactive ketones (excluding diaryl/α,β-unsaturated/α-hetero) is 1. The van der Waals surface area contributed by atoms with E-state index >= 15 is 0 Å². The topological polar surface area (TPSA) is 88.7 Å². The Hall–Kier alpha value is -2.15. The molecule has 0 spiro atoms. The Morgan fingerprint density at radius 3 is 2.44 bits per heavy atom. The number of carbonyl (C=O) groups is 3. The van der Waals surface area contributed by atoms with Gasteiger partial charge in [0.2, 0.25) is 5.91 Å². The van der Waals surface area contributed by atoms with Crippen LogP contribution in [0, 0.1) is 19.8 Å². The molecule has 0 radical (unpaired) electrons. The van der Waals surface area contributed by atoms with Crippen LogP contribution in [0.1, 0.15) is 65.7 Å². The summed E-state index contributed by atoms with van der Waals surface area (Å²) in [6.45, 7) is 9.93. The molecule has 1 N–H and O–H groups in total. The van der Waals surface area contributed by atoms with E-state index in [-0.39, 0.29) is 29.4 Å². The fourth-order valence-electron chi connectivity index (χ4n) is 3.55. The molecule has 0 aliphatic carbocycles. The number of methoxy groups -OCH3 is 1. The highest BCUT2D eigenvalue weighted by Gasteiger charge is 2.34. The van der Waals surface area contributed by atoms with Gasteiger partial charge < -0.3 is 19.4 Å². The highest BCUT2D eigenvalue weighted by atomic mass is 16.5. The Labute approximate surface area is 160 Å². The van der Waals surface area contributed by atoms with Crippen molar-refractivity contribution in [3.8, 4) is 0 Å². The lowest BCUT2D eigenvalue weighted by Gasteiger charge is -2.32. The number of ketones is 1. The van der Waals surface area contributed by atoms with Crippen LogP contribution >= 0.6 is 0 Å². The van der Waals surface area contributed by atoms with Crippen molar-refractivity contribution in [2.45, 2.75) is 59.6 Å². The summed E-state index contributed by atoms with van der Waals surface area (Å²) in [5.74, 6) is -1.01. The van der Waals surface area contributed by atoms with E-state index in [9.17, 15) is 14.4 Å². The summed E-state index contributed by atoms with van der Waals surface area (Å²) in [6, 6.07) is -0.650. The number of carbonyl (C=O) groups excluding carboxylic acids is 3. The van der Waals surface area contributed by atoms with Gasteiger partial charge in [-0.3, -0.25) is 9.59 Å². The van der Waals surface area contributed by atoms with Gasteiger partial charge >= 0.3 is 5.97 Å². The van der Waals surface area contributed by atoms with Crippen molar-refractivity contribution >= 4 is 17.7 Å². The minimum atomic E-state index is -0.650. The lowest BCUT2D eigenvalue weighted by Crippen LogP contribution is -2.48. The number of hydrogen-bond donors (Lipinski definition) is 1. The lowest BCUT2D eigenvalue weighted by molar-refractivity contribution is -0.137. The Morgan fingerprint density at radius 1 is 1.26 bits per heavy atom. The summed E-state index contributed by atoms with van der Waals surface area (Å²) in [4.78, 5) is 42.5. The van der Waals surface area contributed by atoms with Gasteiger partial charge in [0.1, 0.15) is 5.69 Å². The van der Waals surface area contributed by atoms with Crippen LogP contribution in [0.15, 0.2) is 0 Å². The SMILES string of the molecule is COC(=O)c1[nH]c(C)c(C(=O)[C@H](C)N(C[C@@H]2CCCO2)C(=O)C(C)C)c1C. The first-order chi connectivity index (χ1) is 12.7. The smallest absolute Gasteiger partial charge is 0.354 e. The van der Waals surface area contributed by atoms with Crippen molar-refractivity contribution in [3.63, 3.8) is 0 Å². The lowest BCUT2D eigenvalue weighted by atomic mass is 9.98. The molecule has 1 aromatic rings. The van der Waals surface area contributed by atoms with Crippen LogP contribution in [-0.2, 0) is 14.3 Å². The molecule has 2 atom stereocenters. The standard InChI is InChI=1S/C20H30N2O5/c1-11(2)19(24)22(10-15-8-7-9-27-15)14(5)18(23)16-12(3)17(20(25)26-6)21-13(16)4/h11,14-15,21H,7-10H2,1-6H3/t14-,15-/m0/s1. The number of aryl methyl sites for hydroxylation is 1. The number of aromatic amines is 1. The summed E-state index contributed by atoms with van der Waals surface area (Å²) >= 11 is 0. The van der Waals surface area contributed by atoms with Crippen molar-refractivity contribution in [1.82, 2.24) is 9.88 Å². The molecular weight excluding hydrogens is 348 g/mol. The molecule has 1 aromatic heterocycles. The Morgan fingerprint density at radius 2 is 1.93 bits per heavy atom. The van der Waals surface area contributed by atoms with Gasteiger partial charge in [0.25, 0.3) is 0 Å². The summed E-state index contributed by atoms with van der Waals surface area (Å²) in [7, 11) is 1.30. The average molecular weight is 378 g/mol. The number of amides is 1. The molecule has 1 amide bonds. The predicted octanol–water partition coefficient (Wildman–Crippen LogP) is 2.65. The number of hydrogen-bond acceptors (Lipinski definition) is 5. The van der Waals surface area contributed by atoms with Crippen LogP contribution in [-0.4, -0.2) is 60.0 Å². The van der Waals surface area contributed by atoms with Crippen molar-refractivity contribution in [2.75, 3.05) is 20.3 Å². The van der Waals surface area contributed by atoms with Crippen LogP contribution in [0.5, 0.6) is 0 Å². The number of H-pyrrole nitrogens is 1. The van der Waals surface area contributed by atoms with E-state index in [4.69, 9.17) is 9.47 Å². The fraction of sp³-hybridized carbons (Fsp3) is 0.650. The first-order valence-electron chi connectivity index (χ1n) is 9.42. The van der Waals surface area contributed by atoms with Gasteiger partial charge in [-0.25, -0.2) is 4.79 Å². The van der Waals surface area contributed by atoms with E-state index in [2.05, 4.69) is 4.98 Å². The molecule has 150 valence electrons. The quantitative estimate of drug-likeness (QED) is 0.582. The number of nitrogens with zero attached hydrogens (tertiary/aromatic N) is 1. The molecule has 27 heavy (non-hydrogen) atoms. The zero-order valence-corrected chi connectivity index (χ0v) is 17.0. The van der Waals surface area contributed by atoms with Crippen molar-refractivity contribution < 1.29 is 23.9 Å². The van der Waals surface area contributed by atoms with Crippen LogP contribution < -0.4 is 0 Å². The van der Waals surface area contributed by atoms with Crippen LogP contribution in [0.4, 0.5) is 0 Å². The van der Waals surface area contributed by atoms with Gasteiger partial charge in [-0.1, -0.05) is 13.8 Å². The molecule has 0 aromatic carbocycles. The maximum atomic E-state index is 13.2. The number of esters is 1. The van der Waals surface area contributed by atoms with Gasteiger partial charge in [-0.2, -0.15) is 0 Å². The molecule has 1 fully saturated rings. The van der Waals surface area contributed by atoms with Crippen LogP contribution in [0.25, 0.3) is 0 Å². The second-order valence-electron chi connectivity index (χ2n) is 7.44. The largest absolute Gasteiger partial charge is 0.464 e. The summed E-state index contributed by atoms with van der Waals surface area (Å²) in [5.41, 5.74) is 1.85. The highest BCUT2D eigenvalue weighted by Crippen LogP contribution is 2.24. The van der Waals surface area contributed by atoms with Gasteiger partial charge in [0.15, 0.2) is 5.78 Å². The average Bonchev–Trinajstić information content (AvgIpc) is 3.24. The summed E-state index contributed by atoms with van der Waals surface area (Å²) in [6.07, 6.45) is 1.81. The van der Waals surface area contributed by atoms with Crippen molar-refractivity contribution in [3.05, 3.63) is 22.5 Å². The van der Waals surface area contributed by atoms with Gasteiger partial charge in [0, 0.05) is 30.3 Å². The first kappa shape index (κ1) is 21.2. The van der Waals surface area contributed by atoms with E-state index < -0.39 is 12.0 Å². The predicted molar refractivity (Wildman–Crippen MR) is 101 cm³/mol. The molecule has 1 saturated heterocycles. The van der Waals surface area contributed by atoms with Gasteiger partial charge in [0.05, 0.1) is 19.3 Å². The van der Waals surface area contributed by atoms with E-state index in [1.807, 2.05) is 13.8 Å². The van der Waals surface area contributed by atoms with Crippen molar-refractivity contribution in [1.29, 1.82) is 0 Å². The number of rotatable bonds is 7. The molecule has 1 aliphatic heterocycles. The second-order valence-corrected chi connectivity index (χ2v) is 7.44.